The molecule has 21 heavy (non-hydrogen) atoms. The quantitative estimate of drug-likeness (QED) is 0.918. The lowest BCUT2D eigenvalue weighted by Gasteiger charge is -2.18. The summed E-state index contributed by atoms with van der Waals surface area (Å²) in [6, 6.07) is 13.4. The van der Waals surface area contributed by atoms with Crippen LogP contribution in [-0.2, 0) is 13.0 Å². The van der Waals surface area contributed by atoms with Gasteiger partial charge in [0.25, 0.3) is 5.91 Å². The number of hydrogen-bond donors (Lipinski definition) is 1. The van der Waals surface area contributed by atoms with Crippen molar-refractivity contribution in [1.82, 2.24) is 9.88 Å². The Morgan fingerprint density at radius 2 is 1.95 bits per heavy atom. The fourth-order valence-electron chi connectivity index (χ4n) is 2.27. The molecule has 0 aliphatic heterocycles. The van der Waals surface area contributed by atoms with Crippen molar-refractivity contribution < 1.29 is 4.79 Å². The Bertz CT molecular complexity index is 611. The summed E-state index contributed by atoms with van der Waals surface area (Å²) in [7, 11) is 1.80. The van der Waals surface area contributed by atoms with Gasteiger partial charge in [0, 0.05) is 24.8 Å². The number of benzene rings is 1. The van der Waals surface area contributed by atoms with E-state index in [0.29, 0.717) is 17.9 Å². The Labute approximate surface area is 125 Å². The second-order valence-electron chi connectivity index (χ2n) is 5.17. The minimum absolute atomic E-state index is 0.0368. The SMILES string of the molecule is CCCc1cc(C(=O)N(C)Cc2ccccc2)cc(N)n1. The first-order chi connectivity index (χ1) is 10.1. The summed E-state index contributed by atoms with van der Waals surface area (Å²) in [5.74, 6) is 0.364. The molecule has 0 saturated carbocycles. The van der Waals surface area contributed by atoms with E-state index in [4.69, 9.17) is 5.73 Å². The predicted molar refractivity (Wildman–Crippen MR) is 84.9 cm³/mol. The van der Waals surface area contributed by atoms with Gasteiger partial charge >= 0.3 is 0 Å². The number of nitrogens with zero attached hydrogens (tertiary/aromatic N) is 2. The van der Waals surface area contributed by atoms with Crippen LogP contribution >= 0.6 is 0 Å². The van der Waals surface area contributed by atoms with Gasteiger partial charge in [-0.2, -0.15) is 0 Å². The molecule has 1 amide bonds. The van der Waals surface area contributed by atoms with Crippen LogP contribution in [0, 0.1) is 0 Å². The number of hydrogen-bond acceptors (Lipinski definition) is 3. The molecule has 2 rings (SSSR count). The van der Waals surface area contributed by atoms with Crippen molar-refractivity contribution in [1.29, 1.82) is 0 Å². The number of nitrogens with two attached hydrogens (primary N) is 1. The number of rotatable bonds is 5. The van der Waals surface area contributed by atoms with Crippen molar-refractivity contribution in [2.45, 2.75) is 26.3 Å². The van der Waals surface area contributed by atoms with Crippen molar-refractivity contribution in [2.24, 2.45) is 0 Å². The maximum atomic E-state index is 12.5. The van der Waals surface area contributed by atoms with Gasteiger partial charge in [0.05, 0.1) is 0 Å². The number of pyridine rings is 1. The van der Waals surface area contributed by atoms with Crippen LogP contribution in [0.25, 0.3) is 0 Å². The molecular weight excluding hydrogens is 262 g/mol. The highest BCUT2D eigenvalue weighted by Crippen LogP contribution is 2.13. The molecule has 1 heterocycles. The summed E-state index contributed by atoms with van der Waals surface area (Å²) in [5, 5.41) is 0. The van der Waals surface area contributed by atoms with Crippen LogP contribution in [0.4, 0.5) is 5.82 Å². The van der Waals surface area contributed by atoms with E-state index in [1.807, 2.05) is 36.4 Å². The number of carbonyl (C=O) groups excluding carboxylic acids is 1. The van der Waals surface area contributed by atoms with E-state index in [1.54, 1.807) is 18.0 Å². The molecule has 0 radical (unpaired) electrons. The highest BCUT2D eigenvalue weighted by molar-refractivity contribution is 5.94. The Morgan fingerprint density at radius 3 is 2.62 bits per heavy atom. The number of carbonyl (C=O) groups is 1. The highest BCUT2D eigenvalue weighted by atomic mass is 16.2. The van der Waals surface area contributed by atoms with Crippen molar-refractivity contribution in [2.75, 3.05) is 12.8 Å². The highest BCUT2D eigenvalue weighted by Gasteiger charge is 2.14. The molecule has 0 aliphatic carbocycles. The number of nitrogen functional groups attached to an aromatic ring is 1. The van der Waals surface area contributed by atoms with Gasteiger partial charge in [-0.1, -0.05) is 43.7 Å². The van der Waals surface area contributed by atoms with Crippen LogP contribution in [0.2, 0.25) is 0 Å². The van der Waals surface area contributed by atoms with Crippen LogP contribution in [0.1, 0.15) is 35.0 Å². The molecule has 0 aliphatic rings. The Hall–Kier alpha value is -2.36. The lowest BCUT2D eigenvalue weighted by atomic mass is 10.1. The molecule has 4 nitrogen and oxygen atoms in total. The average molecular weight is 283 g/mol. The van der Waals surface area contributed by atoms with Crippen LogP contribution in [0.5, 0.6) is 0 Å². The molecule has 2 aromatic rings. The molecule has 0 saturated heterocycles. The van der Waals surface area contributed by atoms with Crippen LogP contribution in [-0.4, -0.2) is 22.8 Å². The second-order valence-corrected chi connectivity index (χ2v) is 5.17. The number of aromatic nitrogens is 1. The van der Waals surface area contributed by atoms with E-state index >= 15 is 0 Å². The third-order valence-corrected chi connectivity index (χ3v) is 3.26. The Balaban J connectivity index is 2.15. The first-order valence-corrected chi connectivity index (χ1v) is 7.16. The zero-order chi connectivity index (χ0) is 15.2. The summed E-state index contributed by atoms with van der Waals surface area (Å²) in [5.41, 5.74) is 8.37. The van der Waals surface area contributed by atoms with Crippen molar-refractivity contribution in [3.05, 3.63) is 59.3 Å². The maximum Gasteiger partial charge on any atom is 0.254 e. The molecular formula is C17H21N3O. The largest absolute Gasteiger partial charge is 0.384 e. The predicted octanol–water partition coefficient (Wildman–Crippen LogP) is 2.89. The molecule has 110 valence electrons. The summed E-state index contributed by atoms with van der Waals surface area (Å²) in [4.78, 5) is 18.5. The van der Waals surface area contributed by atoms with Gasteiger partial charge in [-0.15, -0.1) is 0 Å². The summed E-state index contributed by atoms with van der Waals surface area (Å²) in [6.45, 7) is 2.65. The van der Waals surface area contributed by atoms with Gasteiger partial charge in [0.2, 0.25) is 0 Å². The minimum Gasteiger partial charge on any atom is -0.384 e. The average Bonchev–Trinajstić information content (AvgIpc) is 2.47. The first-order valence-electron chi connectivity index (χ1n) is 7.16. The monoisotopic (exact) mass is 283 g/mol. The molecule has 1 aromatic carbocycles. The molecule has 0 unspecified atom stereocenters. The molecule has 0 fully saturated rings. The zero-order valence-electron chi connectivity index (χ0n) is 12.5. The fourth-order valence-corrected chi connectivity index (χ4v) is 2.27. The topological polar surface area (TPSA) is 59.2 Å². The van der Waals surface area contributed by atoms with E-state index in [0.717, 1.165) is 24.1 Å². The Kier molecular flexibility index (Phi) is 4.93. The standard InChI is InChI=1S/C17H21N3O/c1-3-7-15-10-14(11-16(18)19-15)17(21)20(2)12-13-8-5-4-6-9-13/h4-6,8-11H,3,7,12H2,1-2H3,(H2,18,19). The molecule has 2 N–H and O–H groups in total. The smallest absolute Gasteiger partial charge is 0.254 e. The second kappa shape index (κ2) is 6.88. The fraction of sp³-hybridized carbons (Fsp3) is 0.294. The van der Waals surface area contributed by atoms with Gasteiger partial charge in [0.15, 0.2) is 0 Å². The van der Waals surface area contributed by atoms with Gasteiger partial charge < -0.3 is 10.6 Å². The molecule has 0 atom stereocenters. The normalized spacial score (nSPS) is 10.4. The number of amides is 1. The van der Waals surface area contributed by atoms with Crippen LogP contribution < -0.4 is 5.73 Å². The van der Waals surface area contributed by atoms with Gasteiger partial charge in [-0.25, -0.2) is 4.98 Å². The third-order valence-electron chi connectivity index (χ3n) is 3.26. The lowest BCUT2D eigenvalue weighted by Crippen LogP contribution is -2.26. The minimum atomic E-state index is -0.0368. The summed E-state index contributed by atoms with van der Waals surface area (Å²) < 4.78 is 0. The number of anilines is 1. The van der Waals surface area contributed by atoms with Gasteiger partial charge in [-0.3, -0.25) is 4.79 Å². The third kappa shape index (κ3) is 4.05. The van der Waals surface area contributed by atoms with E-state index in [2.05, 4.69) is 11.9 Å². The van der Waals surface area contributed by atoms with Gasteiger partial charge in [-0.05, 0) is 24.1 Å². The summed E-state index contributed by atoms with van der Waals surface area (Å²) >= 11 is 0. The summed E-state index contributed by atoms with van der Waals surface area (Å²) in [6.07, 6.45) is 1.80. The van der Waals surface area contributed by atoms with E-state index in [-0.39, 0.29) is 5.91 Å². The van der Waals surface area contributed by atoms with Gasteiger partial charge in [0.1, 0.15) is 5.82 Å². The van der Waals surface area contributed by atoms with Crippen molar-refractivity contribution >= 4 is 11.7 Å². The van der Waals surface area contributed by atoms with E-state index in [9.17, 15) is 4.79 Å². The first kappa shape index (κ1) is 15.0. The van der Waals surface area contributed by atoms with Crippen molar-refractivity contribution in [3.63, 3.8) is 0 Å². The molecule has 0 spiro atoms. The van der Waals surface area contributed by atoms with E-state index < -0.39 is 0 Å². The molecule has 4 heteroatoms. The van der Waals surface area contributed by atoms with Crippen LogP contribution in [0.3, 0.4) is 0 Å². The lowest BCUT2D eigenvalue weighted by molar-refractivity contribution is 0.0785. The van der Waals surface area contributed by atoms with E-state index in [1.165, 1.54) is 0 Å². The van der Waals surface area contributed by atoms with Crippen molar-refractivity contribution in [3.8, 4) is 0 Å². The maximum absolute atomic E-state index is 12.5. The zero-order valence-corrected chi connectivity index (χ0v) is 12.5. The molecule has 0 bridgehead atoms. The molecule has 1 aromatic heterocycles. The Morgan fingerprint density at radius 1 is 1.24 bits per heavy atom. The van der Waals surface area contributed by atoms with Crippen LogP contribution in [0.15, 0.2) is 42.5 Å². The number of aryl methyl sites for hydroxylation is 1.